The Morgan fingerprint density at radius 2 is 1.90 bits per heavy atom. The van der Waals surface area contributed by atoms with E-state index in [0.29, 0.717) is 5.56 Å². The highest BCUT2D eigenvalue weighted by Crippen LogP contribution is 2.27. The first-order valence-electron chi connectivity index (χ1n) is 9.44. The second-order valence-electron chi connectivity index (χ2n) is 7.30. The van der Waals surface area contributed by atoms with Crippen LogP contribution in [0.25, 0.3) is 5.69 Å². The number of rotatable bonds is 4. The minimum atomic E-state index is -3.78. The lowest BCUT2D eigenvalue weighted by atomic mass is 10.2. The van der Waals surface area contributed by atoms with Gasteiger partial charge in [-0.1, -0.05) is 12.1 Å². The summed E-state index contributed by atoms with van der Waals surface area (Å²) in [6.07, 6.45) is 0. The molecule has 0 radical (unpaired) electrons. The topological polar surface area (TPSA) is 96.7 Å². The average molecular weight is 441 g/mol. The Kier molecular flexibility index (Phi) is 5.10. The number of hydrogen-bond donors (Lipinski definition) is 1. The van der Waals surface area contributed by atoms with E-state index < -0.39 is 21.7 Å². The molecular weight excluding hydrogens is 421 g/mol. The number of carbonyl (C=O) groups excluding carboxylic acids is 1. The fourth-order valence-electron chi connectivity index (χ4n) is 3.48. The molecule has 2 aromatic carbocycles. The third kappa shape index (κ3) is 3.93. The molecule has 0 saturated heterocycles. The van der Waals surface area contributed by atoms with E-state index in [1.165, 1.54) is 27.8 Å². The SMILES string of the molecule is Cc1cc(C)n(-c2ccc(NC(=O)CN(C)C3=NS(=O)(=O)c4ccccc43)cc2F)n1. The number of carbonyl (C=O) groups is 1. The number of amidine groups is 1. The van der Waals surface area contributed by atoms with E-state index in [1.807, 2.05) is 19.9 Å². The van der Waals surface area contributed by atoms with Gasteiger partial charge in [-0.3, -0.25) is 4.79 Å². The van der Waals surface area contributed by atoms with Crippen LogP contribution in [0.15, 0.2) is 57.8 Å². The maximum atomic E-state index is 14.6. The summed E-state index contributed by atoms with van der Waals surface area (Å²) in [4.78, 5) is 14.0. The molecule has 1 aliphatic heterocycles. The van der Waals surface area contributed by atoms with Gasteiger partial charge in [0.1, 0.15) is 10.6 Å². The number of benzene rings is 2. The molecule has 0 bridgehead atoms. The number of fused-ring (bicyclic) bond motifs is 1. The molecule has 0 fully saturated rings. The zero-order valence-corrected chi connectivity index (χ0v) is 17.9. The van der Waals surface area contributed by atoms with Gasteiger partial charge in [-0.25, -0.2) is 9.07 Å². The number of nitrogens with one attached hydrogen (secondary N) is 1. The van der Waals surface area contributed by atoms with Crippen molar-refractivity contribution in [3.8, 4) is 5.69 Å². The molecule has 160 valence electrons. The van der Waals surface area contributed by atoms with Crippen molar-refractivity contribution in [2.24, 2.45) is 4.40 Å². The Labute approximate surface area is 179 Å². The third-order valence-electron chi connectivity index (χ3n) is 4.82. The van der Waals surface area contributed by atoms with Crippen molar-refractivity contribution in [1.82, 2.24) is 14.7 Å². The van der Waals surface area contributed by atoms with Crippen LogP contribution in [-0.4, -0.2) is 48.4 Å². The standard InChI is InChI=1S/C21H20FN5O3S/c1-13-10-14(2)27(24-13)18-9-8-15(11-17(18)22)23-20(28)12-26(3)21-16-6-4-5-7-19(16)31(29,30)25-21/h4-11H,12H2,1-3H3,(H,23,28). The van der Waals surface area contributed by atoms with E-state index >= 15 is 0 Å². The van der Waals surface area contributed by atoms with Crippen LogP contribution < -0.4 is 5.32 Å². The first-order chi connectivity index (χ1) is 14.7. The van der Waals surface area contributed by atoms with Crippen molar-refractivity contribution in [3.63, 3.8) is 0 Å². The maximum Gasteiger partial charge on any atom is 0.285 e. The Balaban J connectivity index is 1.48. The van der Waals surface area contributed by atoms with Crippen molar-refractivity contribution in [2.75, 3.05) is 18.9 Å². The molecule has 4 rings (SSSR count). The van der Waals surface area contributed by atoms with Gasteiger partial charge in [0.2, 0.25) is 5.91 Å². The number of aromatic nitrogens is 2. The van der Waals surface area contributed by atoms with E-state index in [2.05, 4.69) is 14.8 Å². The molecular formula is C21H20FN5O3S. The van der Waals surface area contributed by atoms with Crippen molar-refractivity contribution < 1.29 is 17.6 Å². The van der Waals surface area contributed by atoms with Crippen molar-refractivity contribution >= 4 is 27.5 Å². The predicted molar refractivity (Wildman–Crippen MR) is 114 cm³/mol. The highest BCUT2D eigenvalue weighted by molar-refractivity contribution is 7.90. The summed E-state index contributed by atoms with van der Waals surface area (Å²) in [6, 6.07) is 12.6. The Hall–Kier alpha value is -3.53. The van der Waals surface area contributed by atoms with Crippen LogP contribution >= 0.6 is 0 Å². The van der Waals surface area contributed by atoms with Crippen LogP contribution in [0.4, 0.5) is 10.1 Å². The summed E-state index contributed by atoms with van der Waals surface area (Å²) in [5, 5.41) is 6.89. The molecule has 0 spiro atoms. The van der Waals surface area contributed by atoms with Gasteiger partial charge in [-0.05, 0) is 50.2 Å². The molecule has 0 unspecified atom stereocenters. The van der Waals surface area contributed by atoms with Gasteiger partial charge in [0.25, 0.3) is 10.0 Å². The fourth-order valence-corrected chi connectivity index (χ4v) is 4.74. The van der Waals surface area contributed by atoms with Crippen LogP contribution in [0.5, 0.6) is 0 Å². The molecule has 10 heteroatoms. The summed E-state index contributed by atoms with van der Waals surface area (Å²) in [6.45, 7) is 3.49. The van der Waals surface area contributed by atoms with Crippen LogP contribution in [0.2, 0.25) is 0 Å². The lowest BCUT2D eigenvalue weighted by Crippen LogP contribution is -2.34. The molecule has 31 heavy (non-hydrogen) atoms. The van der Waals surface area contributed by atoms with Crippen molar-refractivity contribution in [3.05, 3.63) is 71.3 Å². The molecule has 1 N–H and O–H groups in total. The van der Waals surface area contributed by atoms with Crippen LogP contribution in [0.1, 0.15) is 17.0 Å². The smallest absolute Gasteiger partial charge is 0.285 e. The minimum absolute atomic E-state index is 0.110. The highest BCUT2D eigenvalue weighted by atomic mass is 32.2. The molecule has 0 saturated carbocycles. The number of aryl methyl sites for hydroxylation is 2. The monoisotopic (exact) mass is 441 g/mol. The number of sulfonamides is 1. The number of halogens is 1. The van der Waals surface area contributed by atoms with Gasteiger partial charge in [0, 0.05) is 24.0 Å². The molecule has 0 atom stereocenters. The van der Waals surface area contributed by atoms with Gasteiger partial charge >= 0.3 is 0 Å². The largest absolute Gasteiger partial charge is 0.349 e. The van der Waals surface area contributed by atoms with E-state index in [-0.39, 0.29) is 28.7 Å². The van der Waals surface area contributed by atoms with E-state index in [0.717, 1.165) is 11.4 Å². The number of amides is 1. The summed E-state index contributed by atoms with van der Waals surface area (Å²) in [5.41, 5.74) is 2.57. The minimum Gasteiger partial charge on any atom is -0.349 e. The Morgan fingerprint density at radius 1 is 1.16 bits per heavy atom. The van der Waals surface area contributed by atoms with Crippen LogP contribution in [-0.2, 0) is 14.8 Å². The van der Waals surface area contributed by atoms with E-state index in [4.69, 9.17) is 0 Å². The first kappa shape index (κ1) is 20.7. The van der Waals surface area contributed by atoms with Gasteiger partial charge in [-0.15, -0.1) is 4.40 Å². The van der Waals surface area contributed by atoms with Crippen LogP contribution in [0.3, 0.4) is 0 Å². The average Bonchev–Trinajstić information content (AvgIpc) is 3.17. The number of likely N-dealkylation sites (N-methyl/N-ethyl adjacent to an activating group) is 1. The van der Waals surface area contributed by atoms with Gasteiger partial charge in [0.15, 0.2) is 11.7 Å². The molecule has 1 aliphatic rings. The number of anilines is 1. The lowest BCUT2D eigenvalue weighted by molar-refractivity contribution is -0.116. The zero-order valence-electron chi connectivity index (χ0n) is 17.1. The highest BCUT2D eigenvalue weighted by Gasteiger charge is 2.30. The second-order valence-corrected chi connectivity index (χ2v) is 8.87. The second kappa shape index (κ2) is 7.62. The van der Waals surface area contributed by atoms with Crippen molar-refractivity contribution in [1.29, 1.82) is 0 Å². The van der Waals surface area contributed by atoms with Crippen LogP contribution in [0, 0.1) is 19.7 Å². The molecule has 1 aromatic heterocycles. The predicted octanol–water partition coefficient (Wildman–Crippen LogP) is 2.65. The van der Waals surface area contributed by atoms with Gasteiger partial charge in [0.05, 0.1) is 12.2 Å². The normalized spacial score (nSPS) is 14.1. The van der Waals surface area contributed by atoms with Crippen molar-refractivity contribution in [2.45, 2.75) is 18.7 Å². The number of hydrogen-bond acceptors (Lipinski definition) is 5. The molecule has 0 aliphatic carbocycles. The first-order valence-corrected chi connectivity index (χ1v) is 10.9. The molecule has 1 amide bonds. The summed E-state index contributed by atoms with van der Waals surface area (Å²) >= 11 is 0. The molecule has 2 heterocycles. The third-order valence-corrected chi connectivity index (χ3v) is 6.15. The fraction of sp³-hybridized carbons (Fsp3) is 0.190. The maximum absolute atomic E-state index is 14.6. The summed E-state index contributed by atoms with van der Waals surface area (Å²) in [7, 11) is -2.20. The quantitative estimate of drug-likeness (QED) is 0.672. The van der Waals surface area contributed by atoms with Gasteiger partial charge in [-0.2, -0.15) is 13.5 Å². The van der Waals surface area contributed by atoms with Gasteiger partial charge < -0.3 is 10.2 Å². The Morgan fingerprint density at radius 3 is 2.58 bits per heavy atom. The lowest BCUT2D eigenvalue weighted by Gasteiger charge is -2.18. The zero-order chi connectivity index (χ0) is 22.3. The van der Waals surface area contributed by atoms with E-state index in [9.17, 15) is 17.6 Å². The summed E-state index contributed by atoms with van der Waals surface area (Å²) < 4.78 is 44.3. The Bertz CT molecular complexity index is 1330. The molecule has 3 aromatic rings. The van der Waals surface area contributed by atoms with E-state index in [1.54, 1.807) is 31.3 Å². The number of nitrogens with zero attached hydrogens (tertiary/aromatic N) is 4. The molecule has 8 nitrogen and oxygen atoms in total. The summed E-state index contributed by atoms with van der Waals surface area (Å²) in [5.74, 6) is -0.778.